The largest absolute Gasteiger partial charge is 0.378 e. The van der Waals surface area contributed by atoms with Crippen molar-refractivity contribution in [3.8, 4) is 0 Å². The van der Waals surface area contributed by atoms with Gasteiger partial charge in [-0.2, -0.15) is 0 Å². The maximum Gasteiger partial charge on any atom is 0.132 e. The number of hydrogen-bond donors (Lipinski definition) is 1. The van der Waals surface area contributed by atoms with Gasteiger partial charge < -0.3 is 15.4 Å². The van der Waals surface area contributed by atoms with E-state index in [0.717, 1.165) is 50.5 Å². The van der Waals surface area contributed by atoms with Crippen LogP contribution >= 0.6 is 0 Å². The molecule has 0 amide bonds. The van der Waals surface area contributed by atoms with Crippen molar-refractivity contribution in [2.75, 3.05) is 37.7 Å². The lowest BCUT2D eigenvalue weighted by atomic mass is 10.0. The highest BCUT2D eigenvalue weighted by molar-refractivity contribution is 5.85. The summed E-state index contributed by atoms with van der Waals surface area (Å²) in [6.07, 6.45) is 1.98. The van der Waals surface area contributed by atoms with Gasteiger partial charge in [-0.15, -0.1) is 0 Å². The molecule has 2 heterocycles. The summed E-state index contributed by atoms with van der Waals surface area (Å²) in [7, 11) is 0. The minimum absolute atomic E-state index is 0.716. The van der Waals surface area contributed by atoms with Gasteiger partial charge in [0.25, 0.3) is 0 Å². The number of hydrogen-bond acceptors (Lipinski definition) is 4. The molecule has 1 saturated heterocycles. The highest BCUT2D eigenvalue weighted by Crippen LogP contribution is 2.28. The number of morpholine rings is 1. The van der Waals surface area contributed by atoms with Gasteiger partial charge in [0.05, 0.1) is 18.7 Å². The number of nitrogens with zero attached hydrogens (tertiary/aromatic N) is 2. The van der Waals surface area contributed by atoms with E-state index in [-0.39, 0.29) is 0 Å². The molecule has 0 aliphatic carbocycles. The zero-order chi connectivity index (χ0) is 15.5. The Morgan fingerprint density at radius 2 is 1.95 bits per heavy atom. The number of fused-ring (bicyclic) bond motifs is 1. The zero-order valence-corrected chi connectivity index (χ0v) is 13.6. The zero-order valence-electron chi connectivity index (χ0n) is 13.6. The molecule has 0 radical (unpaired) electrons. The van der Waals surface area contributed by atoms with Crippen molar-refractivity contribution in [2.24, 2.45) is 5.73 Å². The first kappa shape index (κ1) is 15.3. The molecule has 4 nitrogen and oxygen atoms in total. The molecule has 1 aliphatic rings. The van der Waals surface area contributed by atoms with Crippen LogP contribution in [0.3, 0.4) is 0 Å². The standard InChI is InChI=1S/C18H25N3O/c1-13-10-14(2)17-16(11-13)12-15(4-3-5-19)18(20-17)21-6-8-22-9-7-21/h10-12H,3-9,19H2,1-2H3. The van der Waals surface area contributed by atoms with Crippen LogP contribution in [0.5, 0.6) is 0 Å². The monoisotopic (exact) mass is 299 g/mol. The molecule has 4 heteroatoms. The Morgan fingerprint density at radius 3 is 2.68 bits per heavy atom. The third-order valence-electron chi connectivity index (χ3n) is 4.27. The van der Waals surface area contributed by atoms with E-state index in [1.807, 2.05) is 0 Å². The Bertz CT molecular complexity index is 663. The van der Waals surface area contributed by atoms with Crippen molar-refractivity contribution < 1.29 is 4.74 Å². The van der Waals surface area contributed by atoms with Crippen molar-refractivity contribution in [2.45, 2.75) is 26.7 Å². The number of rotatable bonds is 4. The molecule has 2 N–H and O–H groups in total. The first-order valence-corrected chi connectivity index (χ1v) is 8.12. The summed E-state index contributed by atoms with van der Waals surface area (Å²) in [4.78, 5) is 7.38. The van der Waals surface area contributed by atoms with Crippen molar-refractivity contribution >= 4 is 16.7 Å². The van der Waals surface area contributed by atoms with Gasteiger partial charge in [0.15, 0.2) is 0 Å². The number of aryl methyl sites for hydroxylation is 3. The predicted molar refractivity (Wildman–Crippen MR) is 91.6 cm³/mol. The summed E-state index contributed by atoms with van der Waals surface area (Å²) in [6.45, 7) is 8.39. The third kappa shape index (κ3) is 3.08. The van der Waals surface area contributed by atoms with Gasteiger partial charge in [0.1, 0.15) is 5.82 Å². The molecule has 1 aromatic heterocycles. The van der Waals surface area contributed by atoms with Crippen molar-refractivity contribution in [1.29, 1.82) is 0 Å². The minimum Gasteiger partial charge on any atom is -0.378 e. The quantitative estimate of drug-likeness (QED) is 0.943. The Morgan fingerprint density at radius 1 is 1.18 bits per heavy atom. The van der Waals surface area contributed by atoms with Crippen molar-refractivity contribution in [3.05, 3.63) is 34.9 Å². The lowest BCUT2D eigenvalue weighted by molar-refractivity contribution is 0.122. The van der Waals surface area contributed by atoms with Crippen LogP contribution < -0.4 is 10.6 Å². The molecule has 3 rings (SSSR count). The van der Waals surface area contributed by atoms with Crippen LogP contribution in [0.2, 0.25) is 0 Å². The first-order valence-electron chi connectivity index (χ1n) is 8.12. The Hall–Kier alpha value is -1.65. The fraction of sp³-hybridized carbons (Fsp3) is 0.500. The molecule has 1 aromatic carbocycles. The van der Waals surface area contributed by atoms with Crippen LogP contribution in [0, 0.1) is 13.8 Å². The molecule has 22 heavy (non-hydrogen) atoms. The maximum atomic E-state index is 5.71. The van der Waals surface area contributed by atoms with E-state index in [9.17, 15) is 0 Å². The SMILES string of the molecule is Cc1cc(C)c2nc(N3CCOCC3)c(CCCN)cc2c1. The van der Waals surface area contributed by atoms with E-state index < -0.39 is 0 Å². The number of benzene rings is 1. The lowest BCUT2D eigenvalue weighted by Gasteiger charge is -2.30. The number of nitrogens with two attached hydrogens (primary N) is 1. The molecule has 1 fully saturated rings. The maximum absolute atomic E-state index is 5.71. The minimum atomic E-state index is 0.716. The summed E-state index contributed by atoms with van der Waals surface area (Å²) in [5.74, 6) is 1.12. The Labute approximate surface area is 132 Å². The summed E-state index contributed by atoms with van der Waals surface area (Å²) in [6, 6.07) is 6.74. The summed E-state index contributed by atoms with van der Waals surface area (Å²) in [5.41, 5.74) is 10.7. The summed E-state index contributed by atoms with van der Waals surface area (Å²) >= 11 is 0. The van der Waals surface area contributed by atoms with Gasteiger partial charge >= 0.3 is 0 Å². The molecule has 118 valence electrons. The molecular formula is C18H25N3O. The van der Waals surface area contributed by atoms with Gasteiger partial charge in [-0.25, -0.2) is 4.98 Å². The number of pyridine rings is 1. The van der Waals surface area contributed by atoms with Gasteiger partial charge in [-0.3, -0.25) is 0 Å². The fourth-order valence-corrected chi connectivity index (χ4v) is 3.21. The molecular weight excluding hydrogens is 274 g/mol. The fourth-order valence-electron chi connectivity index (χ4n) is 3.21. The molecule has 0 spiro atoms. The summed E-state index contributed by atoms with van der Waals surface area (Å²) in [5, 5.41) is 1.24. The molecule has 2 aromatic rings. The second-order valence-corrected chi connectivity index (χ2v) is 6.12. The average Bonchev–Trinajstić information content (AvgIpc) is 2.53. The van der Waals surface area contributed by atoms with E-state index in [4.69, 9.17) is 15.5 Å². The van der Waals surface area contributed by atoms with Crippen LogP contribution in [0.4, 0.5) is 5.82 Å². The lowest BCUT2D eigenvalue weighted by Crippen LogP contribution is -2.37. The Balaban J connectivity index is 2.09. The van der Waals surface area contributed by atoms with E-state index >= 15 is 0 Å². The second-order valence-electron chi connectivity index (χ2n) is 6.12. The van der Waals surface area contributed by atoms with E-state index in [0.29, 0.717) is 6.54 Å². The predicted octanol–water partition coefficient (Wildman–Crippen LogP) is 2.58. The van der Waals surface area contributed by atoms with E-state index in [2.05, 4.69) is 36.9 Å². The smallest absolute Gasteiger partial charge is 0.132 e. The first-order chi connectivity index (χ1) is 10.7. The van der Waals surface area contributed by atoms with Crippen LogP contribution in [0.25, 0.3) is 10.9 Å². The third-order valence-corrected chi connectivity index (χ3v) is 4.27. The summed E-state index contributed by atoms with van der Waals surface area (Å²) < 4.78 is 5.48. The number of ether oxygens (including phenoxy) is 1. The number of anilines is 1. The van der Waals surface area contributed by atoms with Crippen molar-refractivity contribution in [1.82, 2.24) is 4.98 Å². The van der Waals surface area contributed by atoms with Crippen LogP contribution in [-0.4, -0.2) is 37.8 Å². The molecule has 0 saturated carbocycles. The van der Waals surface area contributed by atoms with Crippen LogP contribution in [0.1, 0.15) is 23.1 Å². The average molecular weight is 299 g/mol. The molecule has 1 aliphatic heterocycles. The molecule has 0 atom stereocenters. The second kappa shape index (κ2) is 6.63. The van der Waals surface area contributed by atoms with Gasteiger partial charge in [-0.05, 0) is 56.5 Å². The van der Waals surface area contributed by atoms with E-state index in [1.54, 1.807) is 0 Å². The van der Waals surface area contributed by atoms with Gasteiger partial charge in [0.2, 0.25) is 0 Å². The molecule has 0 unspecified atom stereocenters. The number of aromatic nitrogens is 1. The van der Waals surface area contributed by atoms with Crippen LogP contribution in [0.15, 0.2) is 18.2 Å². The highest BCUT2D eigenvalue weighted by atomic mass is 16.5. The van der Waals surface area contributed by atoms with Gasteiger partial charge in [-0.1, -0.05) is 11.6 Å². The molecule has 0 bridgehead atoms. The highest BCUT2D eigenvalue weighted by Gasteiger charge is 2.17. The normalized spacial score (nSPS) is 15.5. The Kier molecular flexibility index (Phi) is 4.60. The van der Waals surface area contributed by atoms with Crippen LogP contribution in [-0.2, 0) is 11.2 Å². The van der Waals surface area contributed by atoms with Crippen molar-refractivity contribution in [3.63, 3.8) is 0 Å². The van der Waals surface area contributed by atoms with E-state index in [1.165, 1.54) is 22.1 Å². The van der Waals surface area contributed by atoms with Gasteiger partial charge in [0, 0.05) is 18.5 Å². The topological polar surface area (TPSA) is 51.4 Å².